The van der Waals surface area contributed by atoms with E-state index in [1.54, 1.807) is 6.92 Å². The average Bonchev–Trinajstić information content (AvgIpc) is 3.49. The minimum absolute atomic E-state index is 0.0245. The summed E-state index contributed by atoms with van der Waals surface area (Å²) in [5.74, 6) is -0.681. The number of fused-ring (bicyclic) bond motifs is 1. The van der Waals surface area contributed by atoms with Crippen LogP contribution in [0.15, 0.2) is 29.3 Å². The number of aromatic nitrogens is 2. The van der Waals surface area contributed by atoms with E-state index in [2.05, 4.69) is 21.8 Å². The van der Waals surface area contributed by atoms with Crippen LogP contribution in [0, 0.1) is 30.1 Å². The maximum atomic E-state index is 13.7. The summed E-state index contributed by atoms with van der Waals surface area (Å²) < 4.78 is 35.9. The zero-order valence-electron chi connectivity index (χ0n) is 18.6. The first-order chi connectivity index (χ1) is 16.1. The second kappa shape index (κ2) is 8.86. The molecule has 34 heavy (non-hydrogen) atoms. The number of carbonyl (C=O) groups is 2. The second-order valence-corrected chi connectivity index (χ2v) is 9.98. The highest BCUT2D eigenvalue weighted by Gasteiger charge is 2.44. The van der Waals surface area contributed by atoms with Crippen molar-refractivity contribution in [3.8, 4) is 11.8 Å². The molecule has 1 aliphatic carbocycles. The van der Waals surface area contributed by atoms with E-state index in [0.29, 0.717) is 18.7 Å². The summed E-state index contributed by atoms with van der Waals surface area (Å²) in [6.07, 6.45) is -0.0322. The van der Waals surface area contributed by atoms with Crippen LogP contribution < -0.4 is 19.7 Å². The Kier molecular flexibility index (Phi) is 6.09. The predicted molar refractivity (Wildman–Crippen MR) is 120 cm³/mol. The number of ether oxygens (including phenoxy) is 1. The fourth-order valence-corrected chi connectivity index (χ4v) is 5.52. The van der Waals surface area contributed by atoms with Crippen LogP contribution in [0.25, 0.3) is 0 Å². The van der Waals surface area contributed by atoms with Crippen molar-refractivity contribution >= 4 is 33.4 Å². The first-order valence-electron chi connectivity index (χ1n) is 10.7. The number of hydrogen-bond acceptors (Lipinski definition) is 7. The minimum Gasteiger partial charge on any atom is -0.484 e. The average molecular weight is 489 g/mol. The van der Waals surface area contributed by atoms with Crippen molar-refractivity contribution in [2.24, 2.45) is 11.8 Å². The summed E-state index contributed by atoms with van der Waals surface area (Å²) >= 11 is 0. The van der Waals surface area contributed by atoms with Crippen molar-refractivity contribution < 1.29 is 27.9 Å². The molecule has 0 saturated heterocycles. The number of anilines is 2. The summed E-state index contributed by atoms with van der Waals surface area (Å²) in [6, 6.07) is 6.38. The second-order valence-electron chi connectivity index (χ2n) is 8.15. The molecule has 1 aromatic carbocycles. The maximum absolute atomic E-state index is 13.7. The van der Waals surface area contributed by atoms with Gasteiger partial charge in [0.05, 0.1) is 42.4 Å². The number of amides is 2. The molecule has 0 unspecified atom stereocenters. The van der Waals surface area contributed by atoms with E-state index in [0.717, 1.165) is 4.31 Å². The van der Waals surface area contributed by atoms with Crippen molar-refractivity contribution in [2.45, 2.75) is 37.8 Å². The minimum atomic E-state index is -4.09. The molecule has 180 valence electrons. The molecule has 1 aliphatic heterocycles. The number of benzene rings is 1. The Bertz CT molecular complexity index is 1280. The number of rotatable bonds is 7. The van der Waals surface area contributed by atoms with Crippen molar-refractivity contribution in [1.82, 2.24) is 15.1 Å². The normalized spacial score (nSPS) is 21.1. The Morgan fingerprint density at radius 2 is 2.15 bits per heavy atom. The molecule has 2 heterocycles. The summed E-state index contributed by atoms with van der Waals surface area (Å²) in [4.78, 5) is 23.4. The standard InChI is InChI=1S/C21H24N6O6S/c1-3-26-11-19(12(2)25-26)34(31,32)27-10-15(9-23-20(28)16-6-13(16)8-22)33-18-5-4-14(7-17(18)27)24-21(29)30/h4-5,7,11,13,15-16,24H,3,6,9-10H2,1-2H3,(H,23,28)(H,29,30)/t13-,15+,16-/m1/s1. The van der Waals surface area contributed by atoms with Gasteiger partial charge in [-0.1, -0.05) is 0 Å². The van der Waals surface area contributed by atoms with E-state index in [4.69, 9.17) is 15.1 Å². The maximum Gasteiger partial charge on any atom is 0.409 e. The van der Waals surface area contributed by atoms with Crippen molar-refractivity contribution in [3.05, 3.63) is 30.1 Å². The lowest BCUT2D eigenvalue weighted by molar-refractivity contribution is -0.122. The molecular weight excluding hydrogens is 464 g/mol. The fourth-order valence-electron chi connectivity index (χ4n) is 3.85. The summed E-state index contributed by atoms with van der Waals surface area (Å²) in [7, 11) is -4.09. The van der Waals surface area contributed by atoms with Crippen LogP contribution in [0.1, 0.15) is 19.0 Å². The van der Waals surface area contributed by atoms with Crippen molar-refractivity contribution in [3.63, 3.8) is 0 Å². The van der Waals surface area contributed by atoms with Crippen molar-refractivity contribution in [1.29, 1.82) is 5.26 Å². The number of hydrogen-bond donors (Lipinski definition) is 3. The van der Waals surface area contributed by atoms with Gasteiger partial charge in [0.2, 0.25) is 5.91 Å². The Labute approximate surface area is 196 Å². The Morgan fingerprint density at radius 3 is 2.76 bits per heavy atom. The number of carbonyl (C=O) groups excluding carboxylic acids is 1. The Morgan fingerprint density at radius 1 is 1.38 bits per heavy atom. The predicted octanol–water partition coefficient (Wildman–Crippen LogP) is 1.53. The van der Waals surface area contributed by atoms with Crippen LogP contribution in [0.5, 0.6) is 5.75 Å². The van der Waals surface area contributed by atoms with Gasteiger partial charge in [-0.25, -0.2) is 13.2 Å². The lowest BCUT2D eigenvalue weighted by atomic mass is 10.2. The lowest BCUT2D eigenvalue weighted by Crippen LogP contribution is -2.48. The van der Waals surface area contributed by atoms with Gasteiger partial charge in [0, 0.05) is 18.4 Å². The molecule has 4 rings (SSSR count). The molecule has 3 N–H and O–H groups in total. The van der Waals surface area contributed by atoms with Crippen LogP contribution in [0.3, 0.4) is 0 Å². The van der Waals surface area contributed by atoms with Crippen molar-refractivity contribution in [2.75, 3.05) is 22.7 Å². The topological polar surface area (TPSA) is 167 Å². The number of carboxylic acid groups (broad SMARTS) is 1. The van der Waals surface area contributed by atoms with E-state index < -0.39 is 22.2 Å². The Balaban J connectivity index is 1.65. The van der Waals surface area contributed by atoms with Crippen LogP contribution in [-0.4, -0.2) is 54.5 Å². The molecule has 0 bridgehead atoms. The summed E-state index contributed by atoms with van der Waals surface area (Å²) in [6.45, 7) is 3.85. The molecule has 1 aromatic heterocycles. The van der Waals surface area contributed by atoms with Crippen LogP contribution in [-0.2, 0) is 21.4 Å². The quantitative estimate of drug-likeness (QED) is 0.527. The monoisotopic (exact) mass is 488 g/mol. The number of aryl methyl sites for hydroxylation is 2. The number of nitrogens with zero attached hydrogens (tertiary/aromatic N) is 4. The van der Waals surface area contributed by atoms with Gasteiger partial charge in [-0.15, -0.1) is 0 Å². The number of sulfonamides is 1. The zero-order valence-corrected chi connectivity index (χ0v) is 19.4. The summed E-state index contributed by atoms with van der Waals surface area (Å²) in [5.41, 5.74) is 0.680. The summed E-state index contributed by atoms with van der Waals surface area (Å²) in [5, 5.41) is 27.2. The fraction of sp³-hybridized carbons (Fsp3) is 0.429. The third-order valence-electron chi connectivity index (χ3n) is 5.73. The molecule has 2 aromatic rings. The number of nitriles is 1. The molecule has 2 amide bonds. The van der Waals surface area contributed by atoms with Gasteiger partial charge in [-0.3, -0.25) is 19.1 Å². The molecule has 2 aliphatic rings. The third kappa shape index (κ3) is 4.49. The largest absolute Gasteiger partial charge is 0.484 e. The smallest absolute Gasteiger partial charge is 0.409 e. The van der Waals surface area contributed by atoms with E-state index in [-0.39, 0.29) is 52.9 Å². The van der Waals surface area contributed by atoms with Gasteiger partial charge in [0.1, 0.15) is 16.7 Å². The van der Waals surface area contributed by atoms with Gasteiger partial charge in [-0.2, -0.15) is 10.4 Å². The molecular formula is C21H24N6O6S. The molecule has 3 atom stereocenters. The van der Waals surface area contributed by atoms with Crippen LogP contribution >= 0.6 is 0 Å². The van der Waals surface area contributed by atoms with E-state index in [1.807, 2.05) is 6.92 Å². The van der Waals surface area contributed by atoms with E-state index in [9.17, 15) is 18.0 Å². The third-order valence-corrected chi connectivity index (χ3v) is 7.62. The lowest BCUT2D eigenvalue weighted by Gasteiger charge is -2.35. The van der Waals surface area contributed by atoms with Crippen LogP contribution in [0.4, 0.5) is 16.2 Å². The molecule has 0 radical (unpaired) electrons. The van der Waals surface area contributed by atoms with Crippen LogP contribution in [0.2, 0.25) is 0 Å². The molecule has 12 nitrogen and oxygen atoms in total. The highest BCUT2D eigenvalue weighted by atomic mass is 32.2. The molecule has 13 heteroatoms. The molecule has 0 spiro atoms. The van der Waals surface area contributed by atoms with Gasteiger partial charge in [-0.05, 0) is 38.5 Å². The van der Waals surface area contributed by atoms with E-state index >= 15 is 0 Å². The SMILES string of the molecule is CCn1cc(S(=O)(=O)N2C[C@H](CNC(=O)[C@@H]3C[C@@H]3C#N)Oc3ccc(NC(=O)O)cc32)c(C)n1. The molecule has 1 saturated carbocycles. The van der Waals surface area contributed by atoms with Gasteiger partial charge >= 0.3 is 6.09 Å². The van der Waals surface area contributed by atoms with E-state index in [1.165, 1.54) is 29.1 Å². The first-order valence-corrected chi connectivity index (χ1v) is 12.1. The highest BCUT2D eigenvalue weighted by molar-refractivity contribution is 7.92. The first kappa shape index (κ1) is 23.4. The molecule has 1 fully saturated rings. The zero-order chi connectivity index (χ0) is 24.6. The van der Waals surface area contributed by atoms with Gasteiger partial charge in [0.25, 0.3) is 10.0 Å². The Hall–Kier alpha value is -3.79. The van der Waals surface area contributed by atoms with Gasteiger partial charge < -0.3 is 15.2 Å². The highest BCUT2D eigenvalue weighted by Crippen LogP contribution is 2.40. The number of nitrogens with one attached hydrogen (secondary N) is 2. The van der Waals surface area contributed by atoms with Gasteiger partial charge in [0.15, 0.2) is 0 Å².